The van der Waals surface area contributed by atoms with Gasteiger partial charge >= 0.3 is 0 Å². The Kier molecular flexibility index (Phi) is 5.46. The number of hydrogen-bond donors (Lipinski definition) is 1. The third kappa shape index (κ3) is 4.72. The van der Waals surface area contributed by atoms with Crippen LogP contribution in [0.15, 0.2) is 55.0 Å². The quantitative estimate of drug-likeness (QED) is 0.701. The van der Waals surface area contributed by atoms with E-state index < -0.39 is 0 Å². The molecule has 0 saturated carbocycles. The molecule has 6 nitrogen and oxygen atoms in total. The highest BCUT2D eigenvalue weighted by Crippen LogP contribution is 2.24. The lowest BCUT2D eigenvalue weighted by Gasteiger charge is -2.23. The molecule has 0 amide bonds. The fourth-order valence-corrected chi connectivity index (χ4v) is 3.05. The minimum absolute atomic E-state index is 0.228. The largest absolute Gasteiger partial charge is 0.490 e. The third-order valence-electron chi connectivity index (χ3n) is 4.24. The highest BCUT2D eigenvalue weighted by atomic mass is 35.5. The fraction of sp³-hybridized carbons (Fsp3) is 0.250. The van der Waals surface area contributed by atoms with Crippen molar-refractivity contribution in [1.29, 1.82) is 0 Å². The third-order valence-corrected chi connectivity index (χ3v) is 4.44. The van der Waals surface area contributed by atoms with Gasteiger partial charge in [-0.3, -0.25) is 4.98 Å². The lowest BCUT2D eigenvalue weighted by Crippen LogP contribution is -2.25. The summed E-state index contributed by atoms with van der Waals surface area (Å²) in [5, 5.41) is 3.67. The first-order valence-corrected chi connectivity index (χ1v) is 9.19. The van der Waals surface area contributed by atoms with E-state index in [1.807, 2.05) is 30.3 Å². The molecule has 138 valence electrons. The lowest BCUT2D eigenvalue weighted by atomic mass is 10.1. The van der Waals surface area contributed by atoms with Gasteiger partial charge in [0, 0.05) is 30.8 Å². The number of benzene rings is 1. The smallest absolute Gasteiger partial charge is 0.227 e. The molecule has 0 bridgehead atoms. The number of aromatic nitrogens is 3. The number of nitrogens with zero attached hydrogens (tertiary/aromatic N) is 3. The van der Waals surface area contributed by atoms with E-state index in [4.69, 9.17) is 21.1 Å². The Morgan fingerprint density at radius 2 is 1.89 bits per heavy atom. The maximum absolute atomic E-state index is 6.02. The van der Waals surface area contributed by atoms with Crippen molar-refractivity contribution in [1.82, 2.24) is 15.0 Å². The van der Waals surface area contributed by atoms with Crippen LogP contribution in [-0.2, 0) is 4.74 Å². The van der Waals surface area contributed by atoms with E-state index in [1.54, 1.807) is 24.7 Å². The molecule has 1 N–H and O–H groups in total. The van der Waals surface area contributed by atoms with Crippen molar-refractivity contribution in [2.24, 2.45) is 0 Å². The van der Waals surface area contributed by atoms with Crippen LogP contribution in [0.4, 0.5) is 11.6 Å². The van der Waals surface area contributed by atoms with Crippen LogP contribution >= 0.6 is 11.6 Å². The Balaban J connectivity index is 1.46. The van der Waals surface area contributed by atoms with E-state index in [1.165, 1.54) is 0 Å². The summed E-state index contributed by atoms with van der Waals surface area (Å²) >= 11 is 5.96. The van der Waals surface area contributed by atoms with Crippen molar-refractivity contribution in [2.75, 3.05) is 18.5 Å². The van der Waals surface area contributed by atoms with Crippen LogP contribution in [0.3, 0.4) is 0 Å². The zero-order valence-corrected chi connectivity index (χ0v) is 15.4. The first kappa shape index (κ1) is 17.7. The maximum Gasteiger partial charge on any atom is 0.227 e. The van der Waals surface area contributed by atoms with E-state index in [-0.39, 0.29) is 6.10 Å². The summed E-state index contributed by atoms with van der Waals surface area (Å²) in [5.41, 5.74) is 2.55. The summed E-state index contributed by atoms with van der Waals surface area (Å²) in [7, 11) is 0. The predicted molar refractivity (Wildman–Crippen MR) is 104 cm³/mol. The van der Waals surface area contributed by atoms with Crippen LogP contribution in [0.2, 0.25) is 5.02 Å². The lowest BCUT2D eigenvalue weighted by molar-refractivity contribution is 0.0256. The SMILES string of the molecule is Clc1cncc(Nc2nccc(-c3ccc(OC4CCOCC4)cc3)n2)c1. The Labute approximate surface area is 162 Å². The predicted octanol–water partition coefficient (Wildman–Crippen LogP) is 4.49. The van der Waals surface area contributed by atoms with Crippen LogP contribution in [0.5, 0.6) is 5.75 Å². The zero-order valence-electron chi connectivity index (χ0n) is 14.6. The molecule has 27 heavy (non-hydrogen) atoms. The van der Waals surface area contributed by atoms with Gasteiger partial charge in [0.05, 0.1) is 35.8 Å². The summed E-state index contributed by atoms with van der Waals surface area (Å²) in [6, 6.07) is 11.6. The first-order valence-electron chi connectivity index (χ1n) is 8.82. The minimum atomic E-state index is 0.228. The van der Waals surface area contributed by atoms with Gasteiger partial charge in [-0.05, 0) is 36.4 Å². The number of halogens is 1. The maximum atomic E-state index is 6.02. The molecule has 1 fully saturated rings. The van der Waals surface area contributed by atoms with E-state index in [2.05, 4.69) is 20.3 Å². The topological polar surface area (TPSA) is 69.2 Å². The molecule has 2 aromatic heterocycles. The molecule has 4 rings (SSSR count). The molecule has 3 aromatic rings. The van der Waals surface area contributed by atoms with Crippen molar-refractivity contribution in [3.05, 3.63) is 60.0 Å². The monoisotopic (exact) mass is 382 g/mol. The van der Waals surface area contributed by atoms with Crippen molar-refractivity contribution in [2.45, 2.75) is 18.9 Å². The Hall–Kier alpha value is -2.70. The second-order valence-corrected chi connectivity index (χ2v) is 6.67. The highest BCUT2D eigenvalue weighted by Gasteiger charge is 2.15. The molecule has 0 unspecified atom stereocenters. The number of nitrogens with one attached hydrogen (secondary N) is 1. The van der Waals surface area contributed by atoms with E-state index in [9.17, 15) is 0 Å². The zero-order chi connectivity index (χ0) is 18.5. The number of pyridine rings is 1. The van der Waals surface area contributed by atoms with Crippen molar-refractivity contribution in [3.63, 3.8) is 0 Å². The molecule has 1 aliphatic heterocycles. The molecular weight excluding hydrogens is 364 g/mol. The van der Waals surface area contributed by atoms with Crippen LogP contribution < -0.4 is 10.1 Å². The van der Waals surface area contributed by atoms with Crippen molar-refractivity contribution >= 4 is 23.2 Å². The molecule has 7 heteroatoms. The molecule has 3 heterocycles. The number of rotatable bonds is 5. The molecule has 0 radical (unpaired) electrons. The number of hydrogen-bond acceptors (Lipinski definition) is 6. The summed E-state index contributed by atoms with van der Waals surface area (Å²) in [6.45, 7) is 1.53. The first-order chi connectivity index (χ1) is 13.3. The normalized spacial score (nSPS) is 14.7. The van der Waals surface area contributed by atoms with Gasteiger partial charge in [0.15, 0.2) is 0 Å². The average Bonchev–Trinajstić information content (AvgIpc) is 2.70. The molecule has 1 aromatic carbocycles. The van der Waals surface area contributed by atoms with Gasteiger partial charge in [-0.25, -0.2) is 9.97 Å². The summed E-state index contributed by atoms with van der Waals surface area (Å²) in [4.78, 5) is 12.9. The van der Waals surface area contributed by atoms with Gasteiger partial charge in [-0.15, -0.1) is 0 Å². The second kappa shape index (κ2) is 8.33. The van der Waals surface area contributed by atoms with Crippen LogP contribution in [0.1, 0.15) is 12.8 Å². The van der Waals surface area contributed by atoms with E-state index >= 15 is 0 Å². The molecule has 1 aliphatic rings. The van der Waals surface area contributed by atoms with Crippen molar-refractivity contribution in [3.8, 4) is 17.0 Å². The fourth-order valence-electron chi connectivity index (χ4n) is 2.88. The van der Waals surface area contributed by atoms with Gasteiger partial charge in [-0.2, -0.15) is 0 Å². The minimum Gasteiger partial charge on any atom is -0.490 e. The summed E-state index contributed by atoms with van der Waals surface area (Å²) in [6.07, 6.45) is 7.06. The van der Waals surface area contributed by atoms with Gasteiger partial charge in [-0.1, -0.05) is 11.6 Å². The van der Waals surface area contributed by atoms with E-state index in [0.717, 1.165) is 48.7 Å². The van der Waals surface area contributed by atoms with Gasteiger partial charge in [0.1, 0.15) is 11.9 Å². The Morgan fingerprint density at radius 3 is 2.67 bits per heavy atom. The van der Waals surface area contributed by atoms with Crippen LogP contribution in [0, 0.1) is 0 Å². The standard InChI is InChI=1S/C20H19ClN4O2/c21-15-11-16(13-22-12-15)24-20-23-8-5-19(25-20)14-1-3-17(4-2-14)27-18-6-9-26-10-7-18/h1-5,8,11-13,18H,6-7,9-10H2,(H,23,24,25). The number of ether oxygens (including phenoxy) is 2. The molecular formula is C20H19ClN4O2. The Morgan fingerprint density at radius 1 is 1.07 bits per heavy atom. The summed E-state index contributed by atoms with van der Waals surface area (Å²) in [5.74, 6) is 1.35. The number of anilines is 2. The van der Waals surface area contributed by atoms with Crippen LogP contribution in [0.25, 0.3) is 11.3 Å². The molecule has 0 spiro atoms. The van der Waals surface area contributed by atoms with Crippen molar-refractivity contribution < 1.29 is 9.47 Å². The molecule has 0 atom stereocenters. The van der Waals surface area contributed by atoms with E-state index in [0.29, 0.717) is 11.0 Å². The van der Waals surface area contributed by atoms with Crippen LogP contribution in [-0.4, -0.2) is 34.3 Å². The highest BCUT2D eigenvalue weighted by molar-refractivity contribution is 6.30. The molecule has 1 saturated heterocycles. The van der Waals surface area contributed by atoms with Gasteiger partial charge < -0.3 is 14.8 Å². The summed E-state index contributed by atoms with van der Waals surface area (Å²) < 4.78 is 11.4. The van der Waals surface area contributed by atoms with Gasteiger partial charge in [0.25, 0.3) is 0 Å². The Bertz CT molecular complexity index is 898. The average molecular weight is 383 g/mol. The second-order valence-electron chi connectivity index (χ2n) is 6.24. The van der Waals surface area contributed by atoms with Gasteiger partial charge in [0.2, 0.25) is 5.95 Å². The molecule has 0 aliphatic carbocycles.